The van der Waals surface area contributed by atoms with Gasteiger partial charge in [0.1, 0.15) is 11.9 Å². The highest BCUT2D eigenvalue weighted by Gasteiger charge is 2.73. The molecule has 4 fully saturated rings. The summed E-state index contributed by atoms with van der Waals surface area (Å²) in [5, 5.41) is 56.1. The number of phenols is 1. The van der Waals surface area contributed by atoms with Crippen molar-refractivity contribution in [3.05, 3.63) is 58.9 Å². The average molecular weight is 669 g/mol. The van der Waals surface area contributed by atoms with E-state index < -0.39 is 35.2 Å². The third kappa shape index (κ3) is 5.13. The molecular weight excluding hydrogens is 627 g/mol. The van der Waals surface area contributed by atoms with Crippen molar-refractivity contribution < 1.29 is 54.2 Å². The van der Waals surface area contributed by atoms with Crippen LogP contribution in [0.4, 0.5) is 4.39 Å². The molecule has 2 aromatic rings. The average Bonchev–Trinajstić information content (AvgIpc) is 3.70. The summed E-state index contributed by atoms with van der Waals surface area (Å²) in [6, 6.07) is 10.1. The highest BCUT2D eigenvalue weighted by atomic mass is 19.1. The Morgan fingerprint density at radius 1 is 0.958 bits per heavy atom. The number of piperidine rings is 1. The molecule has 6 N–H and O–H groups in total. The zero-order valence-corrected chi connectivity index (χ0v) is 26.4. The van der Waals surface area contributed by atoms with Gasteiger partial charge in [-0.05, 0) is 93.2 Å². The molecule has 3 heterocycles. The van der Waals surface area contributed by atoms with Crippen molar-refractivity contribution in [1.29, 1.82) is 0 Å². The molecule has 6 aliphatic rings. The lowest BCUT2D eigenvalue weighted by atomic mass is 9.48. The first-order valence-corrected chi connectivity index (χ1v) is 16.7. The Labute approximate surface area is 276 Å². The largest absolute Gasteiger partial charge is 0.504 e. The maximum absolute atomic E-state index is 13.8. The molecule has 48 heavy (non-hydrogen) atoms. The Morgan fingerprint density at radius 2 is 1.65 bits per heavy atom. The Balaban J connectivity index is 0.000000320. The quantitative estimate of drug-likeness (QED) is 0.239. The summed E-state index contributed by atoms with van der Waals surface area (Å²) in [7, 11) is 0. The number of aliphatic hydroxyl groups is 3. The molecule has 3 aliphatic heterocycles. The van der Waals surface area contributed by atoms with Crippen LogP contribution in [0.15, 0.2) is 36.4 Å². The van der Waals surface area contributed by atoms with Crippen LogP contribution in [0.1, 0.15) is 55.2 Å². The number of aliphatic carboxylic acids is 2. The van der Waals surface area contributed by atoms with Crippen LogP contribution in [-0.4, -0.2) is 114 Å². The third-order valence-electron chi connectivity index (χ3n) is 11.7. The molecule has 13 heteroatoms. The van der Waals surface area contributed by atoms with Crippen molar-refractivity contribution in [3.8, 4) is 11.5 Å². The van der Waals surface area contributed by atoms with Crippen LogP contribution in [0.2, 0.25) is 0 Å². The molecule has 0 radical (unpaired) electrons. The smallest absolute Gasteiger partial charge is 0.335 e. The van der Waals surface area contributed by atoms with Gasteiger partial charge in [-0.25, -0.2) is 14.0 Å². The number of carboxylic acids is 2. The van der Waals surface area contributed by atoms with Gasteiger partial charge < -0.3 is 40.3 Å². The van der Waals surface area contributed by atoms with Crippen molar-refractivity contribution >= 4 is 17.8 Å². The highest BCUT2D eigenvalue weighted by Crippen LogP contribution is 2.66. The van der Waals surface area contributed by atoms with Crippen LogP contribution in [0, 0.1) is 17.7 Å². The van der Waals surface area contributed by atoms with E-state index in [1.807, 2.05) is 11.0 Å². The first kappa shape index (κ1) is 32.8. The first-order chi connectivity index (χ1) is 22.9. The number of phenolic OH excluding ortho intramolecular Hbond substituents is 1. The number of likely N-dealkylation sites (tertiary alicyclic amines) is 2. The molecule has 3 aliphatic carbocycles. The summed E-state index contributed by atoms with van der Waals surface area (Å²) in [5.74, 6) is -2.40. The number of aromatic hydroxyl groups is 1. The third-order valence-corrected chi connectivity index (χ3v) is 11.7. The van der Waals surface area contributed by atoms with E-state index in [0.29, 0.717) is 31.6 Å². The van der Waals surface area contributed by atoms with Gasteiger partial charge in [-0.1, -0.05) is 18.2 Å². The van der Waals surface area contributed by atoms with Crippen molar-refractivity contribution in [2.24, 2.45) is 11.8 Å². The molecule has 3 unspecified atom stereocenters. The molecule has 2 saturated heterocycles. The number of nitrogens with zero attached hydrogens (tertiary/aromatic N) is 2. The number of halogens is 1. The molecular formula is C35H41FN2O10. The number of hydrogen-bond acceptors (Lipinski definition) is 9. The predicted octanol–water partition coefficient (Wildman–Crippen LogP) is 1.43. The molecule has 2 aromatic carbocycles. The van der Waals surface area contributed by atoms with Gasteiger partial charge in [-0.2, -0.15) is 0 Å². The summed E-state index contributed by atoms with van der Waals surface area (Å²) in [4.78, 5) is 37.9. The Morgan fingerprint density at radius 3 is 2.29 bits per heavy atom. The minimum atomic E-state index is -2.27. The molecule has 0 aromatic heterocycles. The molecule has 12 nitrogen and oxygen atoms in total. The van der Waals surface area contributed by atoms with Gasteiger partial charge in [0.15, 0.2) is 23.7 Å². The van der Waals surface area contributed by atoms with Gasteiger partial charge in [0.2, 0.25) is 5.91 Å². The second-order valence-electron chi connectivity index (χ2n) is 14.3. The van der Waals surface area contributed by atoms with E-state index in [0.717, 1.165) is 49.4 Å². The number of rotatable bonds is 8. The SMILES string of the molecule is O=C(O)C(O)C(O)C(=O)O.O=C1C(Cc2ccc(F)cc2)CCN1[C@H]1CC[C@@]2(O)[C@H]3Cc4ccc(O)c5c4[C@@]2(CCN3CC2CC2)[C@H]1O5. The van der Waals surface area contributed by atoms with Gasteiger partial charge in [0.05, 0.1) is 17.1 Å². The van der Waals surface area contributed by atoms with Gasteiger partial charge >= 0.3 is 11.9 Å². The van der Waals surface area contributed by atoms with Crippen LogP contribution in [-0.2, 0) is 32.6 Å². The number of carbonyl (C=O) groups excluding carboxylic acids is 1. The predicted molar refractivity (Wildman–Crippen MR) is 166 cm³/mol. The molecule has 2 saturated carbocycles. The van der Waals surface area contributed by atoms with E-state index in [1.54, 1.807) is 18.2 Å². The van der Waals surface area contributed by atoms with E-state index in [4.69, 9.17) is 25.2 Å². The zero-order chi connectivity index (χ0) is 34.1. The zero-order valence-electron chi connectivity index (χ0n) is 26.4. The number of aliphatic hydroxyl groups excluding tert-OH is 2. The summed E-state index contributed by atoms with van der Waals surface area (Å²) in [6.07, 6.45) is 1.90. The minimum absolute atomic E-state index is 0.0346. The number of benzene rings is 2. The van der Waals surface area contributed by atoms with Crippen LogP contribution in [0.25, 0.3) is 0 Å². The topological polar surface area (TPSA) is 188 Å². The van der Waals surface area contributed by atoms with Gasteiger partial charge in [-0.15, -0.1) is 0 Å². The summed E-state index contributed by atoms with van der Waals surface area (Å²) in [5.41, 5.74) is 1.60. The minimum Gasteiger partial charge on any atom is -0.504 e. The van der Waals surface area contributed by atoms with Crippen molar-refractivity contribution in [2.45, 2.75) is 92.8 Å². The summed E-state index contributed by atoms with van der Waals surface area (Å²) < 4.78 is 20.1. The molecule has 2 bridgehead atoms. The monoisotopic (exact) mass is 668 g/mol. The van der Waals surface area contributed by atoms with Gasteiger partial charge in [-0.3, -0.25) is 9.69 Å². The fourth-order valence-electron chi connectivity index (χ4n) is 9.23. The van der Waals surface area contributed by atoms with E-state index in [-0.39, 0.29) is 41.6 Å². The number of amides is 1. The van der Waals surface area contributed by atoms with E-state index in [1.165, 1.54) is 30.5 Å². The van der Waals surface area contributed by atoms with Crippen LogP contribution >= 0.6 is 0 Å². The summed E-state index contributed by atoms with van der Waals surface area (Å²) in [6.45, 7) is 2.62. The Bertz CT molecular complexity index is 1600. The van der Waals surface area contributed by atoms with Crippen molar-refractivity contribution in [1.82, 2.24) is 9.80 Å². The van der Waals surface area contributed by atoms with E-state index >= 15 is 0 Å². The maximum Gasteiger partial charge on any atom is 0.335 e. The molecule has 8 atom stereocenters. The van der Waals surface area contributed by atoms with Crippen LogP contribution < -0.4 is 4.74 Å². The van der Waals surface area contributed by atoms with Gasteiger partial charge in [0.25, 0.3) is 0 Å². The Kier molecular flexibility index (Phi) is 8.17. The fourth-order valence-corrected chi connectivity index (χ4v) is 9.23. The van der Waals surface area contributed by atoms with E-state index in [2.05, 4.69) is 4.90 Å². The first-order valence-electron chi connectivity index (χ1n) is 16.7. The van der Waals surface area contributed by atoms with Gasteiger partial charge in [0, 0.05) is 30.6 Å². The molecule has 258 valence electrons. The lowest BCUT2D eigenvalue weighted by Gasteiger charge is -2.64. The molecule has 8 rings (SSSR count). The van der Waals surface area contributed by atoms with E-state index in [9.17, 15) is 29.0 Å². The lowest BCUT2D eigenvalue weighted by molar-refractivity contribution is -0.200. The number of carbonyl (C=O) groups is 3. The second kappa shape index (κ2) is 12.0. The standard InChI is InChI=1S/C31H35FN2O4.C4H6O6/c32-22-6-3-18(4-7-22)15-21-10-13-34(29(21)36)23-9-11-31(37)25-16-20-5-8-24(35)27-26(20)30(31,28(23)38-27)12-14-33(25)17-19-1-2-19;5-1(3(7)8)2(6)4(9)10/h3-8,19,21,23,25,28,35,37H,1-2,9-17H2;1-2,5-6H,(H,7,8)(H,9,10)/t21?,23-,25+,28-,30-,31+;/m0./s1. The number of ether oxygens (including phenoxy) is 1. The van der Waals surface area contributed by atoms with Crippen molar-refractivity contribution in [2.75, 3.05) is 19.6 Å². The molecule has 1 spiro atoms. The van der Waals surface area contributed by atoms with Crippen LogP contribution in [0.3, 0.4) is 0 Å². The fraction of sp³-hybridized carbons (Fsp3) is 0.571. The van der Waals surface area contributed by atoms with Crippen molar-refractivity contribution in [3.63, 3.8) is 0 Å². The normalized spacial score (nSPS) is 32.8. The number of carboxylic acid groups (broad SMARTS) is 2. The lowest BCUT2D eigenvalue weighted by Crippen LogP contribution is -2.78. The maximum atomic E-state index is 13.8. The second-order valence-corrected chi connectivity index (χ2v) is 14.3. The Hall–Kier alpha value is -3.78. The highest BCUT2D eigenvalue weighted by molar-refractivity contribution is 5.83. The summed E-state index contributed by atoms with van der Waals surface area (Å²) >= 11 is 0. The van der Waals surface area contributed by atoms with Crippen LogP contribution in [0.5, 0.6) is 11.5 Å². The molecule has 1 amide bonds. The number of hydrogen-bond donors (Lipinski definition) is 6.